The second-order valence-corrected chi connectivity index (χ2v) is 4.35. The van der Waals surface area contributed by atoms with Gasteiger partial charge in [0.25, 0.3) is 0 Å². The molecule has 0 aliphatic carbocycles. The molecule has 0 saturated heterocycles. The topological polar surface area (TPSA) is 72.5 Å². The van der Waals surface area contributed by atoms with Crippen LogP contribution in [-0.2, 0) is 16.1 Å². The number of esters is 1. The van der Waals surface area contributed by atoms with E-state index in [1.54, 1.807) is 0 Å². The number of aliphatic hydroxyl groups is 1. The summed E-state index contributed by atoms with van der Waals surface area (Å²) in [7, 11) is 0. The van der Waals surface area contributed by atoms with Crippen LogP contribution in [0.2, 0.25) is 0 Å². The molecule has 0 amide bonds. The molecular formula is C13H19NO3. The zero-order valence-corrected chi connectivity index (χ0v) is 10.2. The smallest absolute Gasteiger partial charge is 0.313 e. The molecule has 1 aromatic rings. The van der Waals surface area contributed by atoms with Crippen LogP contribution in [0.25, 0.3) is 0 Å². The van der Waals surface area contributed by atoms with Crippen LogP contribution in [0, 0.1) is 11.8 Å². The van der Waals surface area contributed by atoms with Crippen molar-refractivity contribution in [2.45, 2.75) is 26.7 Å². The third kappa shape index (κ3) is 4.17. The molecule has 0 saturated carbocycles. The Kier molecular flexibility index (Phi) is 5.12. The number of carbonyl (C=O) groups is 1. The molecule has 94 valence electrons. The van der Waals surface area contributed by atoms with E-state index in [9.17, 15) is 9.90 Å². The lowest BCUT2D eigenvalue weighted by molar-refractivity contribution is -0.156. The minimum atomic E-state index is -1.18. The molecule has 0 aromatic heterocycles. The standard InChI is InChI=1S/C13H19NO3/c1-9(2)11(12(14)15)13(16)17-8-10-6-4-3-5-7-10/h3-7,9,11-12,15H,8,14H2,1-2H3/t11-,12?/m0/s1. The van der Waals surface area contributed by atoms with Crippen LogP contribution in [0.5, 0.6) is 0 Å². The molecule has 17 heavy (non-hydrogen) atoms. The molecule has 2 atom stereocenters. The number of aliphatic hydroxyl groups excluding tert-OH is 1. The van der Waals surface area contributed by atoms with Gasteiger partial charge in [0.2, 0.25) is 0 Å². The molecule has 1 unspecified atom stereocenters. The van der Waals surface area contributed by atoms with E-state index in [4.69, 9.17) is 10.5 Å². The second-order valence-electron chi connectivity index (χ2n) is 4.35. The highest BCUT2D eigenvalue weighted by atomic mass is 16.5. The van der Waals surface area contributed by atoms with E-state index >= 15 is 0 Å². The normalized spacial score (nSPS) is 14.4. The first-order chi connectivity index (χ1) is 8.02. The molecule has 0 bridgehead atoms. The van der Waals surface area contributed by atoms with Crippen molar-refractivity contribution in [3.05, 3.63) is 35.9 Å². The summed E-state index contributed by atoms with van der Waals surface area (Å²) in [5.74, 6) is -1.20. The summed E-state index contributed by atoms with van der Waals surface area (Å²) >= 11 is 0. The number of hydrogen-bond donors (Lipinski definition) is 2. The average Bonchev–Trinajstić information content (AvgIpc) is 2.27. The van der Waals surface area contributed by atoms with E-state index in [0.717, 1.165) is 5.56 Å². The van der Waals surface area contributed by atoms with Crippen LogP contribution < -0.4 is 5.73 Å². The lowest BCUT2D eigenvalue weighted by Crippen LogP contribution is -2.39. The molecule has 0 fully saturated rings. The molecule has 0 heterocycles. The molecule has 4 nitrogen and oxygen atoms in total. The Labute approximate surface area is 101 Å². The van der Waals surface area contributed by atoms with E-state index < -0.39 is 18.1 Å². The van der Waals surface area contributed by atoms with E-state index in [2.05, 4.69) is 0 Å². The second kappa shape index (κ2) is 6.37. The molecule has 1 rings (SSSR count). The Morgan fingerprint density at radius 1 is 1.35 bits per heavy atom. The van der Waals surface area contributed by atoms with Gasteiger partial charge in [-0.3, -0.25) is 4.79 Å². The molecule has 0 aliphatic heterocycles. The van der Waals surface area contributed by atoms with E-state index in [1.807, 2.05) is 44.2 Å². The highest BCUT2D eigenvalue weighted by molar-refractivity contribution is 5.73. The highest BCUT2D eigenvalue weighted by Gasteiger charge is 2.28. The van der Waals surface area contributed by atoms with Gasteiger partial charge in [-0.25, -0.2) is 0 Å². The number of hydrogen-bond acceptors (Lipinski definition) is 4. The summed E-state index contributed by atoms with van der Waals surface area (Å²) < 4.78 is 5.13. The van der Waals surface area contributed by atoms with E-state index in [1.165, 1.54) is 0 Å². The number of benzene rings is 1. The monoisotopic (exact) mass is 237 g/mol. The van der Waals surface area contributed by atoms with Crippen LogP contribution >= 0.6 is 0 Å². The maximum atomic E-state index is 11.7. The van der Waals surface area contributed by atoms with E-state index in [-0.39, 0.29) is 12.5 Å². The Morgan fingerprint density at radius 2 is 1.94 bits per heavy atom. The van der Waals surface area contributed by atoms with Gasteiger partial charge in [-0.05, 0) is 11.5 Å². The average molecular weight is 237 g/mol. The maximum absolute atomic E-state index is 11.7. The molecule has 1 aromatic carbocycles. The van der Waals surface area contributed by atoms with Crippen molar-refractivity contribution in [1.29, 1.82) is 0 Å². The molecule has 4 heteroatoms. The third-order valence-electron chi connectivity index (χ3n) is 2.58. The van der Waals surface area contributed by atoms with Crippen LogP contribution in [0.15, 0.2) is 30.3 Å². The molecule has 0 aliphatic rings. The quantitative estimate of drug-likeness (QED) is 0.597. The van der Waals surface area contributed by atoms with Crippen molar-refractivity contribution in [1.82, 2.24) is 0 Å². The van der Waals surface area contributed by atoms with Crippen molar-refractivity contribution in [2.75, 3.05) is 0 Å². The first-order valence-corrected chi connectivity index (χ1v) is 5.66. The van der Waals surface area contributed by atoms with Crippen molar-refractivity contribution in [3.8, 4) is 0 Å². The fourth-order valence-electron chi connectivity index (χ4n) is 1.63. The van der Waals surface area contributed by atoms with Crippen LogP contribution in [0.3, 0.4) is 0 Å². The van der Waals surface area contributed by atoms with Crippen LogP contribution in [0.4, 0.5) is 0 Å². The van der Waals surface area contributed by atoms with Gasteiger partial charge in [0, 0.05) is 0 Å². The van der Waals surface area contributed by atoms with Gasteiger partial charge >= 0.3 is 5.97 Å². The van der Waals surface area contributed by atoms with Gasteiger partial charge in [0.1, 0.15) is 12.8 Å². The molecular weight excluding hydrogens is 218 g/mol. The summed E-state index contributed by atoms with van der Waals surface area (Å²) in [6.07, 6.45) is -1.18. The number of rotatable bonds is 5. The van der Waals surface area contributed by atoms with Gasteiger partial charge < -0.3 is 15.6 Å². The fourth-order valence-corrected chi connectivity index (χ4v) is 1.63. The zero-order valence-electron chi connectivity index (χ0n) is 10.2. The summed E-state index contributed by atoms with van der Waals surface area (Å²) in [6.45, 7) is 3.85. The Morgan fingerprint density at radius 3 is 2.41 bits per heavy atom. The fraction of sp³-hybridized carbons (Fsp3) is 0.462. The summed E-state index contributed by atoms with van der Waals surface area (Å²) in [5, 5.41) is 9.33. The predicted molar refractivity (Wildman–Crippen MR) is 64.8 cm³/mol. The third-order valence-corrected chi connectivity index (χ3v) is 2.58. The van der Waals surface area contributed by atoms with Crippen molar-refractivity contribution < 1.29 is 14.6 Å². The van der Waals surface area contributed by atoms with Gasteiger partial charge in [0.05, 0.1) is 5.92 Å². The van der Waals surface area contributed by atoms with Crippen LogP contribution in [-0.4, -0.2) is 17.3 Å². The van der Waals surface area contributed by atoms with E-state index in [0.29, 0.717) is 0 Å². The Balaban J connectivity index is 2.54. The first-order valence-electron chi connectivity index (χ1n) is 5.66. The van der Waals surface area contributed by atoms with Crippen molar-refractivity contribution in [3.63, 3.8) is 0 Å². The summed E-state index contributed by atoms with van der Waals surface area (Å²) in [6, 6.07) is 9.39. The van der Waals surface area contributed by atoms with Crippen LogP contribution in [0.1, 0.15) is 19.4 Å². The van der Waals surface area contributed by atoms with Gasteiger partial charge in [0.15, 0.2) is 0 Å². The van der Waals surface area contributed by atoms with Gasteiger partial charge in [-0.2, -0.15) is 0 Å². The molecule has 3 N–H and O–H groups in total. The number of carbonyl (C=O) groups excluding carboxylic acids is 1. The first kappa shape index (κ1) is 13.7. The molecule has 0 radical (unpaired) electrons. The Bertz CT molecular complexity index is 341. The largest absolute Gasteiger partial charge is 0.460 e. The maximum Gasteiger partial charge on any atom is 0.313 e. The lowest BCUT2D eigenvalue weighted by atomic mass is 9.94. The van der Waals surface area contributed by atoms with Gasteiger partial charge in [-0.15, -0.1) is 0 Å². The molecule has 0 spiro atoms. The van der Waals surface area contributed by atoms with Crippen molar-refractivity contribution in [2.24, 2.45) is 17.6 Å². The summed E-state index contributed by atoms with van der Waals surface area (Å²) in [4.78, 5) is 11.7. The van der Waals surface area contributed by atoms with Crippen molar-refractivity contribution >= 4 is 5.97 Å². The Hall–Kier alpha value is -1.39. The SMILES string of the molecule is CC(C)[C@H](C(=O)OCc1ccccc1)C(N)O. The lowest BCUT2D eigenvalue weighted by Gasteiger charge is -2.21. The predicted octanol–water partition coefficient (Wildman–Crippen LogP) is 1.28. The highest BCUT2D eigenvalue weighted by Crippen LogP contribution is 2.15. The van der Waals surface area contributed by atoms with Gasteiger partial charge in [-0.1, -0.05) is 44.2 Å². The number of ether oxygens (including phenoxy) is 1. The minimum Gasteiger partial charge on any atom is -0.460 e. The minimum absolute atomic E-state index is 0.0572. The number of nitrogens with two attached hydrogens (primary N) is 1. The zero-order chi connectivity index (χ0) is 12.8. The summed E-state index contributed by atoms with van der Waals surface area (Å²) in [5.41, 5.74) is 6.27.